The van der Waals surface area contributed by atoms with Gasteiger partial charge in [0, 0.05) is 0 Å². The highest BCUT2D eigenvalue weighted by atomic mass is 32.2. The van der Waals surface area contributed by atoms with Gasteiger partial charge in [-0.05, 0) is 49.2 Å². The van der Waals surface area contributed by atoms with Gasteiger partial charge in [-0.1, -0.05) is 53.8 Å². The van der Waals surface area contributed by atoms with Crippen LogP contribution in [0.3, 0.4) is 0 Å². The van der Waals surface area contributed by atoms with Crippen molar-refractivity contribution in [3.8, 4) is 0 Å². The smallest absolute Gasteiger partial charge is 0.268 e. The fourth-order valence-electron chi connectivity index (χ4n) is 2.35. The number of carbonyl (C=O) groups excluding carboxylic acids is 1. The average molecular weight is 343 g/mol. The molecule has 0 bridgehead atoms. The minimum Gasteiger partial charge on any atom is -0.268 e. The second-order valence-corrected chi connectivity index (χ2v) is 6.95. The van der Waals surface area contributed by atoms with Gasteiger partial charge in [0.25, 0.3) is 5.91 Å². The summed E-state index contributed by atoms with van der Waals surface area (Å²) in [5.41, 5.74) is 3.64. The van der Waals surface area contributed by atoms with Crippen LogP contribution in [0.4, 0.5) is 10.1 Å². The summed E-state index contributed by atoms with van der Waals surface area (Å²) in [6.07, 6.45) is 0. The molecular weight excluding hydrogens is 329 g/mol. The molecule has 0 aliphatic carbocycles. The molecule has 2 aromatic rings. The molecule has 0 N–H and O–H groups in total. The van der Waals surface area contributed by atoms with E-state index in [1.54, 1.807) is 12.1 Å². The van der Waals surface area contributed by atoms with E-state index in [2.05, 4.69) is 0 Å². The predicted molar refractivity (Wildman–Crippen MR) is 97.8 cm³/mol. The molecule has 1 amide bonds. The van der Waals surface area contributed by atoms with E-state index in [1.807, 2.05) is 38.1 Å². The number of hydrogen-bond acceptors (Lipinski definition) is 3. The maximum absolute atomic E-state index is 13.1. The Hall–Kier alpha value is -1.98. The Bertz CT molecular complexity index is 810. The summed E-state index contributed by atoms with van der Waals surface area (Å²) in [6.45, 7) is 3.94. The van der Waals surface area contributed by atoms with Crippen molar-refractivity contribution >= 4 is 45.5 Å². The van der Waals surface area contributed by atoms with Gasteiger partial charge in [-0.3, -0.25) is 9.69 Å². The normalized spacial score (nSPS) is 16.9. The van der Waals surface area contributed by atoms with E-state index in [4.69, 9.17) is 12.2 Å². The zero-order valence-electron chi connectivity index (χ0n) is 12.7. The van der Waals surface area contributed by atoms with Crippen LogP contribution in [0, 0.1) is 12.7 Å². The standard InChI is InChI=1S/C18H14FNOS2/c1-11-3-5-13(6-4-11)12(2)16-17(21)20(18(22)23-16)15-9-7-14(19)8-10-15/h3-10H,1-2H3. The molecule has 23 heavy (non-hydrogen) atoms. The summed E-state index contributed by atoms with van der Waals surface area (Å²) in [6, 6.07) is 13.8. The number of allylic oxidation sites excluding steroid dienone is 1. The third-order valence-corrected chi connectivity index (χ3v) is 5.15. The summed E-state index contributed by atoms with van der Waals surface area (Å²) >= 11 is 6.62. The SMILES string of the molecule is CC(=C1SC(=S)N(c2ccc(F)cc2)C1=O)c1ccc(C)cc1. The number of thioether (sulfide) groups is 1. The second kappa shape index (κ2) is 6.26. The van der Waals surface area contributed by atoms with E-state index in [-0.39, 0.29) is 11.7 Å². The number of rotatable bonds is 2. The molecule has 1 aliphatic heterocycles. The van der Waals surface area contributed by atoms with E-state index in [9.17, 15) is 9.18 Å². The highest BCUT2D eigenvalue weighted by Gasteiger charge is 2.34. The first-order valence-corrected chi connectivity index (χ1v) is 8.29. The lowest BCUT2D eigenvalue weighted by molar-refractivity contribution is -0.113. The van der Waals surface area contributed by atoms with Crippen LogP contribution in [-0.4, -0.2) is 10.2 Å². The molecule has 1 saturated heterocycles. The van der Waals surface area contributed by atoms with Crippen molar-refractivity contribution in [2.75, 3.05) is 4.90 Å². The Kier molecular flexibility index (Phi) is 4.33. The molecule has 2 nitrogen and oxygen atoms in total. The molecule has 3 rings (SSSR count). The number of nitrogens with zero attached hydrogens (tertiary/aromatic N) is 1. The Labute approximate surface area is 144 Å². The lowest BCUT2D eigenvalue weighted by Crippen LogP contribution is -2.27. The summed E-state index contributed by atoms with van der Waals surface area (Å²) in [7, 11) is 0. The number of anilines is 1. The van der Waals surface area contributed by atoms with Gasteiger partial charge in [-0.15, -0.1) is 0 Å². The molecule has 0 unspecified atom stereocenters. The van der Waals surface area contributed by atoms with Crippen molar-refractivity contribution in [2.45, 2.75) is 13.8 Å². The van der Waals surface area contributed by atoms with Crippen molar-refractivity contribution in [3.63, 3.8) is 0 Å². The number of carbonyl (C=O) groups is 1. The molecule has 0 spiro atoms. The number of halogens is 1. The number of thiocarbonyl (C=S) groups is 1. The minimum atomic E-state index is -0.342. The Morgan fingerprint density at radius 3 is 2.30 bits per heavy atom. The Morgan fingerprint density at radius 2 is 1.70 bits per heavy atom. The van der Waals surface area contributed by atoms with Gasteiger partial charge in [-0.2, -0.15) is 0 Å². The summed E-state index contributed by atoms with van der Waals surface area (Å²) < 4.78 is 13.5. The van der Waals surface area contributed by atoms with Crippen LogP contribution in [0.2, 0.25) is 0 Å². The molecule has 0 aromatic heterocycles. The molecule has 5 heteroatoms. The molecule has 0 radical (unpaired) electrons. The van der Waals surface area contributed by atoms with Gasteiger partial charge in [0.15, 0.2) is 4.32 Å². The number of aryl methyl sites for hydroxylation is 1. The highest BCUT2D eigenvalue weighted by molar-refractivity contribution is 8.27. The fraction of sp³-hybridized carbons (Fsp3) is 0.111. The van der Waals surface area contributed by atoms with Gasteiger partial charge < -0.3 is 0 Å². The van der Waals surface area contributed by atoms with Crippen molar-refractivity contribution < 1.29 is 9.18 Å². The quantitative estimate of drug-likeness (QED) is 0.570. The molecule has 1 heterocycles. The van der Waals surface area contributed by atoms with E-state index >= 15 is 0 Å². The molecule has 1 fully saturated rings. The maximum atomic E-state index is 13.1. The van der Waals surface area contributed by atoms with Gasteiger partial charge >= 0.3 is 0 Å². The van der Waals surface area contributed by atoms with Crippen molar-refractivity contribution in [3.05, 3.63) is 70.4 Å². The molecular formula is C18H14FNOS2. The molecule has 1 aliphatic rings. The lowest BCUT2D eigenvalue weighted by atomic mass is 10.1. The van der Waals surface area contributed by atoms with Crippen LogP contribution in [-0.2, 0) is 4.79 Å². The first-order valence-electron chi connectivity index (χ1n) is 7.07. The number of benzene rings is 2. The van der Waals surface area contributed by atoms with Crippen LogP contribution in [0.1, 0.15) is 18.1 Å². The zero-order valence-corrected chi connectivity index (χ0v) is 14.3. The summed E-state index contributed by atoms with van der Waals surface area (Å²) in [5.74, 6) is -0.504. The Balaban J connectivity index is 1.98. The van der Waals surface area contributed by atoms with Crippen molar-refractivity contribution in [2.24, 2.45) is 0 Å². The van der Waals surface area contributed by atoms with Crippen LogP contribution in [0.25, 0.3) is 5.57 Å². The third-order valence-electron chi connectivity index (χ3n) is 3.68. The van der Waals surface area contributed by atoms with E-state index in [0.29, 0.717) is 14.9 Å². The van der Waals surface area contributed by atoms with Gasteiger partial charge in [0.05, 0.1) is 10.6 Å². The maximum Gasteiger partial charge on any atom is 0.271 e. The predicted octanol–water partition coefficient (Wildman–Crippen LogP) is 4.93. The van der Waals surface area contributed by atoms with Gasteiger partial charge in [0.2, 0.25) is 0 Å². The van der Waals surface area contributed by atoms with Crippen LogP contribution in [0.5, 0.6) is 0 Å². The van der Waals surface area contributed by atoms with Crippen LogP contribution >= 0.6 is 24.0 Å². The van der Waals surface area contributed by atoms with Crippen molar-refractivity contribution in [1.29, 1.82) is 0 Å². The van der Waals surface area contributed by atoms with E-state index < -0.39 is 0 Å². The Morgan fingerprint density at radius 1 is 1.09 bits per heavy atom. The molecule has 2 aromatic carbocycles. The monoisotopic (exact) mass is 343 g/mol. The molecule has 0 saturated carbocycles. The largest absolute Gasteiger partial charge is 0.271 e. The van der Waals surface area contributed by atoms with Gasteiger partial charge in [0.1, 0.15) is 5.82 Å². The third kappa shape index (κ3) is 3.07. The van der Waals surface area contributed by atoms with Crippen molar-refractivity contribution in [1.82, 2.24) is 0 Å². The number of hydrogen-bond donors (Lipinski definition) is 0. The summed E-state index contributed by atoms with van der Waals surface area (Å²) in [5, 5.41) is 0. The van der Waals surface area contributed by atoms with E-state index in [1.165, 1.54) is 34.4 Å². The number of amides is 1. The fourth-order valence-corrected chi connectivity index (χ4v) is 3.69. The van der Waals surface area contributed by atoms with Crippen LogP contribution in [0.15, 0.2) is 53.4 Å². The zero-order chi connectivity index (χ0) is 16.6. The molecule has 116 valence electrons. The molecule has 0 atom stereocenters. The van der Waals surface area contributed by atoms with Gasteiger partial charge in [-0.25, -0.2) is 4.39 Å². The van der Waals surface area contributed by atoms with E-state index in [0.717, 1.165) is 11.1 Å². The lowest BCUT2D eigenvalue weighted by Gasteiger charge is -2.14. The summed E-state index contributed by atoms with van der Waals surface area (Å²) in [4.78, 5) is 14.8. The first kappa shape index (κ1) is 15.9. The topological polar surface area (TPSA) is 20.3 Å². The highest BCUT2D eigenvalue weighted by Crippen LogP contribution is 2.39. The first-order chi connectivity index (χ1) is 11.0. The minimum absolute atomic E-state index is 0.162. The average Bonchev–Trinajstić information content (AvgIpc) is 2.83. The van der Waals surface area contributed by atoms with Crippen LogP contribution < -0.4 is 4.90 Å². The second-order valence-electron chi connectivity index (χ2n) is 5.31.